The molecule has 27 heavy (non-hydrogen) atoms. The number of tetrazole rings is 1. The van der Waals surface area contributed by atoms with Gasteiger partial charge in [-0.2, -0.15) is 4.68 Å². The Morgan fingerprint density at radius 3 is 2.85 bits per heavy atom. The molecule has 2 rings (SSSR count). The summed E-state index contributed by atoms with van der Waals surface area (Å²) in [5, 5.41) is 17.5. The van der Waals surface area contributed by atoms with Crippen molar-refractivity contribution in [3.8, 4) is 11.4 Å². The zero-order chi connectivity index (χ0) is 19.8. The number of amides is 2. The highest BCUT2D eigenvalue weighted by Crippen LogP contribution is 2.26. The number of aromatic nitrogens is 4. The number of carbonyl (C=O) groups is 2. The molecule has 2 amide bonds. The summed E-state index contributed by atoms with van der Waals surface area (Å²) in [6.45, 7) is 6.15. The summed E-state index contributed by atoms with van der Waals surface area (Å²) in [7, 11) is 1.57. The lowest BCUT2D eigenvalue weighted by molar-refractivity contribution is -0.127. The van der Waals surface area contributed by atoms with Gasteiger partial charge in [-0.15, -0.1) is 5.10 Å². The molecule has 0 aliphatic rings. The molecule has 1 heterocycles. The van der Waals surface area contributed by atoms with Gasteiger partial charge in [0.25, 0.3) is 0 Å². The minimum Gasteiger partial charge on any atom is -0.494 e. The van der Waals surface area contributed by atoms with Gasteiger partial charge in [0.1, 0.15) is 17.5 Å². The molecule has 0 saturated heterocycles. The van der Waals surface area contributed by atoms with Crippen LogP contribution in [0.15, 0.2) is 23.4 Å². The van der Waals surface area contributed by atoms with E-state index in [2.05, 4.69) is 26.2 Å². The molecule has 10 heteroatoms. The number of ether oxygens (including phenoxy) is 1. The van der Waals surface area contributed by atoms with Crippen molar-refractivity contribution in [3.63, 3.8) is 0 Å². The van der Waals surface area contributed by atoms with Crippen LogP contribution in [0.4, 0.5) is 0 Å². The standard InChI is InChI=1S/C17H24N6O3S/c1-5-8-18-16(25)12(3)19-15(24)10-27-17-20-21-22-23(17)13-9-11(2)6-7-14(13)26-4/h6-7,9,12H,5,8,10H2,1-4H3,(H,18,25)(H,19,24)/t12-/m0/s1. The summed E-state index contributed by atoms with van der Waals surface area (Å²) >= 11 is 1.18. The average molecular weight is 392 g/mol. The first kappa shape index (κ1) is 20.7. The van der Waals surface area contributed by atoms with E-state index in [4.69, 9.17) is 4.74 Å². The first-order valence-electron chi connectivity index (χ1n) is 8.59. The van der Waals surface area contributed by atoms with E-state index in [0.29, 0.717) is 23.1 Å². The van der Waals surface area contributed by atoms with Gasteiger partial charge >= 0.3 is 0 Å². The molecule has 0 aliphatic carbocycles. The van der Waals surface area contributed by atoms with Crippen LogP contribution >= 0.6 is 11.8 Å². The number of nitrogens with zero attached hydrogens (tertiary/aromatic N) is 4. The van der Waals surface area contributed by atoms with Gasteiger partial charge in [0.2, 0.25) is 17.0 Å². The molecule has 1 aromatic carbocycles. The number of benzene rings is 1. The number of thioether (sulfide) groups is 1. The van der Waals surface area contributed by atoms with Crippen LogP contribution in [0.5, 0.6) is 5.75 Å². The van der Waals surface area contributed by atoms with E-state index in [1.54, 1.807) is 14.0 Å². The predicted octanol–water partition coefficient (Wildman–Crippen LogP) is 1.10. The smallest absolute Gasteiger partial charge is 0.242 e. The first-order valence-corrected chi connectivity index (χ1v) is 9.58. The summed E-state index contributed by atoms with van der Waals surface area (Å²) in [6, 6.07) is 5.07. The van der Waals surface area contributed by atoms with Gasteiger partial charge < -0.3 is 15.4 Å². The lowest BCUT2D eigenvalue weighted by Gasteiger charge is -2.13. The zero-order valence-electron chi connectivity index (χ0n) is 15.9. The van der Waals surface area contributed by atoms with Crippen LogP contribution in [0, 0.1) is 6.92 Å². The number of carbonyl (C=O) groups excluding carboxylic acids is 2. The monoisotopic (exact) mass is 392 g/mol. The second kappa shape index (κ2) is 9.91. The van der Waals surface area contributed by atoms with E-state index in [1.807, 2.05) is 32.0 Å². The van der Waals surface area contributed by atoms with Crippen LogP contribution in [0.25, 0.3) is 5.69 Å². The Morgan fingerprint density at radius 1 is 1.37 bits per heavy atom. The van der Waals surface area contributed by atoms with Crippen LogP contribution in [-0.4, -0.2) is 57.5 Å². The Hall–Kier alpha value is -2.62. The topological polar surface area (TPSA) is 111 Å². The highest BCUT2D eigenvalue weighted by molar-refractivity contribution is 7.99. The van der Waals surface area contributed by atoms with E-state index in [1.165, 1.54) is 16.4 Å². The van der Waals surface area contributed by atoms with E-state index in [0.717, 1.165) is 12.0 Å². The quantitative estimate of drug-likeness (QED) is 0.615. The van der Waals surface area contributed by atoms with Gasteiger partial charge in [0, 0.05) is 6.54 Å². The van der Waals surface area contributed by atoms with Crippen molar-refractivity contribution in [1.29, 1.82) is 0 Å². The Balaban J connectivity index is 2.00. The summed E-state index contributed by atoms with van der Waals surface area (Å²) in [6.07, 6.45) is 0.841. The molecule has 0 aliphatic heterocycles. The predicted molar refractivity (Wildman–Crippen MR) is 102 cm³/mol. The van der Waals surface area contributed by atoms with Crippen molar-refractivity contribution in [1.82, 2.24) is 30.8 Å². The van der Waals surface area contributed by atoms with E-state index < -0.39 is 6.04 Å². The van der Waals surface area contributed by atoms with Crippen LogP contribution in [0.3, 0.4) is 0 Å². The average Bonchev–Trinajstić information content (AvgIpc) is 3.12. The molecule has 1 atom stereocenters. The molecule has 2 aromatic rings. The minimum absolute atomic E-state index is 0.0832. The number of hydrogen-bond acceptors (Lipinski definition) is 7. The van der Waals surface area contributed by atoms with Crippen LogP contribution in [0.1, 0.15) is 25.8 Å². The van der Waals surface area contributed by atoms with E-state index in [9.17, 15) is 9.59 Å². The largest absolute Gasteiger partial charge is 0.494 e. The lowest BCUT2D eigenvalue weighted by Crippen LogP contribution is -2.45. The Morgan fingerprint density at radius 2 is 2.15 bits per heavy atom. The highest BCUT2D eigenvalue weighted by Gasteiger charge is 2.18. The van der Waals surface area contributed by atoms with Gasteiger partial charge in [0.05, 0.1) is 12.9 Å². The Bertz CT molecular complexity index is 795. The second-order valence-corrected chi connectivity index (χ2v) is 6.86. The number of methoxy groups -OCH3 is 1. The van der Waals surface area contributed by atoms with Gasteiger partial charge in [-0.25, -0.2) is 0 Å². The van der Waals surface area contributed by atoms with Gasteiger partial charge in [0.15, 0.2) is 0 Å². The van der Waals surface area contributed by atoms with Crippen molar-refractivity contribution >= 4 is 23.6 Å². The fourth-order valence-corrected chi connectivity index (χ4v) is 2.96. The third-order valence-corrected chi connectivity index (χ3v) is 4.58. The Labute approximate surface area is 162 Å². The summed E-state index contributed by atoms with van der Waals surface area (Å²) in [5.41, 5.74) is 1.72. The molecule has 0 saturated carbocycles. The maximum Gasteiger partial charge on any atom is 0.242 e. The van der Waals surface area contributed by atoms with Crippen LogP contribution in [0.2, 0.25) is 0 Å². The van der Waals surface area contributed by atoms with Crippen molar-refractivity contribution in [2.24, 2.45) is 0 Å². The molecule has 0 fully saturated rings. The summed E-state index contributed by atoms with van der Waals surface area (Å²) < 4.78 is 6.90. The lowest BCUT2D eigenvalue weighted by atomic mass is 10.2. The molecule has 9 nitrogen and oxygen atoms in total. The Kier molecular flexibility index (Phi) is 7.59. The minimum atomic E-state index is -0.600. The zero-order valence-corrected chi connectivity index (χ0v) is 16.7. The van der Waals surface area contributed by atoms with Gasteiger partial charge in [-0.3, -0.25) is 9.59 Å². The maximum absolute atomic E-state index is 12.1. The second-order valence-electron chi connectivity index (χ2n) is 5.92. The number of hydrogen-bond donors (Lipinski definition) is 2. The van der Waals surface area contributed by atoms with Gasteiger partial charge in [-0.05, 0) is 48.4 Å². The SMILES string of the molecule is CCCNC(=O)[C@H](C)NC(=O)CSc1nnnn1-c1cc(C)ccc1OC. The molecular formula is C17H24N6O3S. The third-order valence-electron chi connectivity index (χ3n) is 3.66. The molecular weight excluding hydrogens is 368 g/mol. The molecule has 0 bridgehead atoms. The summed E-state index contributed by atoms with van der Waals surface area (Å²) in [5.74, 6) is 0.231. The number of nitrogens with one attached hydrogen (secondary N) is 2. The highest BCUT2D eigenvalue weighted by atomic mass is 32.2. The molecule has 0 spiro atoms. The van der Waals surface area contributed by atoms with E-state index >= 15 is 0 Å². The molecule has 2 N–H and O–H groups in total. The van der Waals surface area contributed by atoms with Crippen molar-refractivity contribution in [3.05, 3.63) is 23.8 Å². The van der Waals surface area contributed by atoms with Crippen LogP contribution in [-0.2, 0) is 9.59 Å². The van der Waals surface area contributed by atoms with Crippen LogP contribution < -0.4 is 15.4 Å². The summed E-state index contributed by atoms with van der Waals surface area (Å²) in [4.78, 5) is 24.0. The fraction of sp³-hybridized carbons (Fsp3) is 0.471. The van der Waals surface area contributed by atoms with Crippen molar-refractivity contribution in [2.45, 2.75) is 38.4 Å². The molecule has 0 radical (unpaired) electrons. The van der Waals surface area contributed by atoms with Crippen molar-refractivity contribution in [2.75, 3.05) is 19.4 Å². The molecule has 1 aromatic heterocycles. The number of aryl methyl sites for hydroxylation is 1. The van der Waals surface area contributed by atoms with E-state index in [-0.39, 0.29) is 17.6 Å². The third kappa shape index (κ3) is 5.68. The normalized spacial score (nSPS) is 11.7. The van der Waals surface area contributed by atoms with Crippen molar-refractivity contribution < 1.29 is 14.3 Å². The maximum atomic E-state index is 12.1. The van der Waals surface area contributed by atoms with Gasteiger partial charge in [-0.1, -0.05) is 24.8 Å². The first-order chi connectivity index (χ1) is 13.0. The fourth-order valence-electron chi connectivity index (χ4n) is 2.27. The molecule has 0 unspecified atom stereocenters. The molecule has 146 valence electrons. The number of rotatable bonds is 9.